The van der Waals surface area contributed by atoms with Gasteiger partial charge in [-0.3, -0.25) is 14.7 Å². The van der Waals surface area contributed by atoms with E-state index in [-0.39, 0.29) is 12.5 Å². The van der Waals surface area contributed by atoms with Gasteiger partial charge in [-0.05, 0) is 48.6 Å². The van der Waals surface area contributed by atoms with E-state index in [0.717, 1.165) is 32.6 Å². The second-order valence-electron chi connectivity index (χ2n) is 7.46. The number of carbonyl (C=O) groups is 1. The van der Waals surface area contributed by atoms with Crippen molar-refractivity contribution in [3.8, 4) is 5.75 Å². The number of hydrogen-bond donors (Lipinski definition) is 1. The first-order valence-corrected chi connectivity index (χ1v) is 11.6. The maximum absolute atomic E-state index is 12.5. The zero-order valence-corrected chi connectivity index (χ0v) is 19.8. The number of amides is 1. The molecule has 1 heterocycles. The normalized spacial score (nSPS) is 11.0. The van der Waals surface area contributed by atoms with E-state index in [1.807, 2.05) is 60.9 Å². The Kier molecular flexibility index (Phi) is 7.98. The first kappa shape index (κ1) is 23.2. The molecule has 0 bridgehead atoms. The molecule has 0 atom stereocenters. The smallest absolute Gasteiger partial charge is 0.264 e. The van der Waals surface area contributed by atoms with Crippen molar-refractivity contribution in [3.05, 3.63) is 64.2 Å². The largest absolute Gasteiger partial charge is 0.483 e. The number of rotatable bonds is 9. The Bertz CT molecular complexity index is 1050. The molecule has 0 saturated heterocycles. The molecule has 1 N–H and O–H groups in total. The molecule has 3 rings (SSSR count). The van der Waals surface area contributed by atoms with Crippen LogP contribution in [0.2, 0.25) is 5.02 Å². The van der Waals surface area contributed by atoms with Crippen LogP contribution in [-0.2, 0) is 17.1 Å². The van der Waals surface area contributed by atoms with Crippen LogP contribution in [0.5, 0.6) is 5.75 Å². The Hall–Kier alpha value is -2.51. The number of thioether (sulfide) groups is 1. The fourth-order valence-corrected chi connectivity index (χ4v) is 4.37. The van der Waals surface area contributed by atoms with Crippen LogP contribution in [-0.4, -0.2) is 27.3 Å². The second-order valence-corrected chi connectivity index (χ2v) is 8.81. The lowest BCUT2D eigenvalue weighted by atomic mass is 10.0. The van der Waals surface area contributed by atoms with Crippen molar-refractivity contribution in [2.45, 2.75) is 51.1 Å². The zero-order chi connectivity index (χ0) is 22.4. The molecule has 0 spiro atoms. The molecule has 0 radical (unpaired) electrons. The van der Waals surface area contributed by atoms with Crippen LogP contribution in [0.3, 0.4) is 0 Å². The standard InChI is InChI=1S/C23H27ClN4O2S/c1-5-28-22(26-27-23(28)31-14-17-8-6-7-9-19(17)24)25-21(29)13-30-20-12-16(4)10-11-18(20)15(2)3/h6-12,15H,5,13-14H2,1-4H3,(H,25,26,29). The van der Waals surface area contributed by atoms with E-state index >= 15 is 0 Å². The summed E-state index contributed by atoms with van der Waals surface area (Å²) in [6.07, 6.45) is 0. The third-order valence-electron chi connectivity index (χ3n) is 4.75. The monoisotopic (exact) mass is 458 g/mol. The molecule has 6 nitrogen and oxygen atoms in total. The summed E-state index contributed by atoms with van der Waals surface area (Å²) in [5, 5.41) is 12.6. The number of halogens is 1. The minimum atomic E-state index is -0.277. The number of aryl methyl sites for hydroxylation is 1. The summed E-state index contributed by atoms with van der Waals surface area (Å²) in [6, 6.07) is 13.8. The minimum Gasteiger partial charge on any atom is -0.483 e. The molecule has 0 aliphatic heterocycles. The summed E-state index contributed by atoms with van der Waals surface area (Å²) in [7, 11) is 0. The van der Waals surface area contributed by atoms with Gasteiger partial charge in [-0.2, -0.15) is 0 Å². The number of ether oxygens (including phenoxy) is 1. The molecule has 1 amide bonds. The van der Waals surface area contributed by atoms with Gasteiger partial charge in [0.25, 0.3) is 5.91 Å². The quantitative estimate of drug-likeness (QED) is 0.417. The highest BCUT2D eigenvalue weighted by Crippen LogP contribution is 2.28. The summed E-state index contributed by atoms with van der Waals surface area (Å²) in [4.78, 5) is 12.5. The fraction of sp³-hybridized carbons (Fsp3) is 0.348. The van der Waals surface area contributed by atoms with Crippen molar-refractivity contribution in [1.29, 1.82) is 0 Å². The molecule has 0 aliphatic rings. The van der Waals surface area contributed by atoms with Gasteiger partial charge in [0.1, 0.15) is 5.75 Å². The average molecular weight is 459 g/mol. The Balaban J connectivity index is 1.63. The van der Waals surface area contributed by atoms with Gasteiger partial charge in [0, 0.05) is 17.3 Å². The molecule has 3 aromatic rings. The molecule has 0 aliphatic carbocycles. The van der Waals surface area contributed by atoms with Crippen LogP contribution in [0, 0.1) is 6.92 Å². The highest BCUT2D eigenvalue weighted by Gasteiger charge is 2.16. The van der Waals surface area contributed by atoms with Crippen molar-refractivity contribution in [2.75, 3.05) is 11.9 Å². The number of benzene rings is 2. The third-order valence-corrected chi connectivity index (χ3v) is 6.13. The molecule has 0 unspecified atom stereocenters. The van der Waals surface area contributed by atoms with Gasteiger partial charge in [-0.25, -0.2) is 0 Å². The summed E-state index contributed by atoms with van der Waals surface area (Å²) in [5.41, 5.74) is 3.19. The maximum Gasteiger partial charge on any atom is 0.264 e. The Morgan fingerprint density at radius 1 is 1.23 bits per heavy atom. The summed E-state index contributed by atoms with van der Waals surface area (Å²) < 4.78 is 7.69. The second kappa shape index (κ2) is 10.7. The molecular weight excluding hydrogens is 432 g/mol. The van der Waals surface area contributed by atoms with Crippen molar-refractivity contribution in [1.82, 2.24) is 14.8 Å². The number of nitrogens with one attached hydrogen (secondary N) is 1. The van der Waals surface area contributed by atoms with E-state index in [9.17, 15) is 4.79 Å². The van der Waals surface area contributed by atoms with E-state index in [1.165, 1.54) is 11.8 Å². The van der Waals surface area contributed by atoms with E-state index in [0.29, 0.717) is 24.2 Å². The van der Waals surface area contributed by atoms with Gasteiger partial charge in [-0.1, -0.05) is 67.5 Å². The lowest BCUT2D eigenvalue weighted by molar-refractivity contribution is -0.118. The molecule has 0 fully saturated rings. The molecule has 164 valence electrons. The van der Waals surface area contributed by atoms with Gasteiger partial charge < -0.3 is 4.74 Å². The molecule has 0 saturated carbocycles. The number of hydrogen-bond acceptors (Lipinski definition) is 5. The molecule has 8 heteroatoms. The van der Waals surface area contributed by atoms with Crippen molar-refractivity contribution >= 4 is 35.2 Å². The fourth-order valence-electron chi connectivity index (χ4n) is 3.08. The number of anilines is 1. The van der Waals surface area contributed by atoms with Gasteiger partial charge in [-0.15, -0.1) is 10.2 Å². The Morgan fingerprint density at radius 3 is 2.71 bits per heavy atom. The van der Waals surface area contributed by atoms with Crippen LogP contribution < -0.4 is 10.1 Å². The zero-order valence-electron chi connectivity index (χ0n) is 18.2. The highest BCUT2D eigenvalue weighted by molar-refractivity contribution is 7.98. The van der Waals surface area contributed by atoms with E-state index in [2.05, 4.69) is 29.4 Å². The summed E-state index contributed by atoms with van der Waals surface area (Å²) in [5.74, 6) is 1.84. The predicted molar refractivity (Wildman–Crippen MR) is 126 cm³/mol. The van der Waals surface area contributed by atoms with Gasteiger partial charge >= 0.3 is 0 Å². The number of nitrogens with zero attached hydrogens (tertiary/aromatic N) is 3. The van der Waals surface area contributed by atoms with Crippen molar-refractivity contribution in [3.63, 3.8) is 0 Å². The summed E-state index contributed by atoms with van der Waals surface area (Å²) in [6.45, 7) is 8.72. The predicted octanol–water partition coefficient (Wildman–Crippen LogP) is 5.69. The van der Waals surface area contributed by atoms with Crippen LogP contribution in [0.1, 0.15) is 43.4 Å². The van der Waals surface area contributed by atoms with Crippen LogP contribution in [0.25, 0.3) is 0 Å². The lowest BCUT2D eigenvalue weighted by Gasteiger charge is -2.15. The van der Waals surface area contributed by atoms with Crippen molar-refractivity contribution < 1.29 is 9.53 Å². The van der Waals surface area contributed by atoms with Gasteiger partial charge in [0.15, 0.2) is 11.8 Å². The van der Waals surface area contributed by atoms with Gasteiger partial charge in [0.05, 0.1) is 0 Å². The minimum absolute atomic E-state index is 0.0954. The van der Waals surface area contributed by atoms with E-state index < -0.39 is 0 Å². The van der Waals surface area contributed by atoms with E-state index in [1.54, 1.807) is 0 Å². The lowest BCUT2D eigenvalue weighted by Crippen LogP contribution is -2.23. The topological polar surface area (TPSA) is 69.0 Å². The van der Waals surface area contributed by atoms with Gasteiger partial charge in [0.2, 0.25) is 5.95 Å². The Morgan fingerprint density at radius 2 is 2.00 bits per heavy atom. The summed E-state index contributed by atoms with van der Waals surface area (Å²) >= 11 is 7.76. The maximum atomic E-state index is 12.5. The molecule has 31 heavy (non-hydrogen) atoms. The highest BCUT2D eigenvalue weighted by atomic mass is 35.5. The first-order chi connectivity index (χ1) is 14.9. The average Bonchev–Trinajstić information content (AvgIpc) is 3.12. The van der Waals surface area contributed by atoms with Crippen molar-refractivity contribution in [2.24, 2.45) is 0 Å². The third kappa shape index (κ3) is 6.02. The molecular formula is C23H27ClN4O2S. The Labute approximate surface area is 192 Å². The van der Waals surface area contributed by atoms with Crippen LogP contribution in [0.4, 0.5) is 5.95 Å². The SMILES string of the molecule is CCn1c(NC(=O)COc2cc(C)ccc2C(C)C)nnc1SCc1ccccc1Cl. The molecule has 1 aromatic heterocycles. The first-order valence-electron chi connectivity index (χ1n) is 10.2. The molecule has 2 aromatic carbocycles. The van der Waals surface area contributed by atoms with Crippen LogP contribution in [0.15, 0.2) is 47.6 Å². The number of carbonyl (C=O) groups excluding carboxylic acids is 1. The van der Waals surface area contributed by atoms with Crippen LogP contribution >= 0.6 is 23.4 Å². The number of aromatic nitrogens is 3. The van der Waals surface area contributed by atoms with E-state index in [4.69, 9.17) is 16.3 Å².